The topological polar surface area (TPSA) is 55.1 Å². The number of nitrogens with two attached hydrogens (primary N) is 1. The van der Waals surface area contributed by atoms with Crippen LogP contribution in [0.5, 0.6) is 0 Å². The van der Waals surface area contributed by atoms with E-state index in [9.17, 15) is 9.18 Å². The molecule has 17 heavy (non-hydrogen) atoms. The minimum atomic E-state index is -0.463. The first-order valence-electron chi connectivity index (χ1n) is 5.10. The van der Waals surface area contributed by atoms with E-state index in [4.69, 9.17) is 17.3 Å². The summed E-state index contributed by atoms with van der Waals surface area (Å²) in [5.41, 5.74) is 5.93. The van der Waals surface area contributed by atoms with E-state index in [0.717, 1.165) is 6.07 Å². The lowest BCUT2D eigenvalue weighted by atomic mass is 10.2. The third-order valence-corrected chi connectivity index (χ3v) is 3.02. The number of hydrogen-bond donors (Lipinski definition) is 2. The number of anilines is 1. The molecule has 94 valence electrons. The zero-order valence-electron chi connectivity index (χ0n) is 9.27. The molecule has 3 nitrogen and oxygen atoms in total. The molecular weight excluding hydrogens is 310 g/mol. The quantitative estimate of drug-likeness (QED) is 0.893. The van der Waals surface area contributed by atoms with Crippen molar-refractivity contribution < 1.29 is 9.18 Å². The van der Waals surface area contributed by atoms with Crippen molar-refractivity contribution in [3.63, 3.8) is 0 Å². The van der Waals surface area contributed by atoms with E-state index in [1.807, 2.05) is 6.92 Å². The summed E-state index contributed by atoms with van der Waals surface area (Å²) in [7, 11) is 0. The van der Waals surface area contributed by atoms with Gasteiger partial charge in [0.15, 0.2) is 0 Å². The smallest absolute Gasteiger partial charge is 0.224 e. The molecule has 0 bridgehead atoms. The van der Waals surface area contributed by atoms with Crippen molar-refractivity contribution >= 4 is 39.1 Å². The Hall–Kier alpha value is -0.650. The zero-order valence-corrected chi connectivity index (χ0v) is 11.6. The van der Waals surface area contributed by atoms with Crippen LogP contribution in [0.15, 0.2) is 16.6 Å². The number of hydrogen-bond acceptors (Lipinski definition) is 2. The summed E-state index contributed by atoms with van der Waals surface area (Å²) in [6, 6.07) is 2.36. The number of carbonyl (C=O) groups excluding carboxylic acids is 1. The van der Waals surface area contributed by atoms with Gasteiger partial charge in [-0.1, -0.05) is 11.6 Å². The maximum Gasteiger partial charge on any atom is 0.224 e. The Balaban J connectivity index is 2.72. The molecule has 0 spiro atoms. The average Bonchev–Trinajstić information content (AvgIpc) is 2.20. The first kappa shape index (κ1) is 14.4. The van der Waals surface area contributed by atoms with Gasteiger partial charge in [0.2, 0.25) is 5.91 Å². The minimum Gasteiger partial charge on any atom is -0.328 e. The Kier molecular flexibility index (Phi) is 5.36. The Labute approximate surface area is 113 Å². The Bertz CT molecular complexity index is 403. The molecule has 0 saturated heterocycles. The number of rotatable bonds is 4. The van der Waals surface area contributed by atoms with Gasteiger partial charge in [-0.15, -0.1) is 0 Å². The maximum absolute atomic E-state index is 13.0. The lowest BCUT2D eigenvalue weighted by molar-refractivity contribution is -0.116. The van der Waals surface area contributed by atoms with Gasteiger partial charge in [-0.25, -0.2) is 4.39 Å². The van der Waals surface area contributed by atoms with E-state index >= 15 is 0 Å². The van der Waals surface area contributed by atoms with Gasteiger partial charge >= 0.3 is 0 Å². The summed E-state index contributed by atoms with van der Waals surface area (Å²) in [5, 5.41) is 2.78. The number of carbonyl (C=O) groups is 1. The molecule has 0 heterocycles. The highest BCUT2D eigenvalue weighted by atomic mass is 79.9. The van der Waals surface area contributed by atoms with Crippen LogP contribution < -0.4 is 11.1 Å². The fraction of sp³-hybridized carbons (Fsp3) is 0.364. The van der Waals surface area contributed by atoms with Crippen LogP contribution in [0.3, 0.4) is 0 Å². The van der Waals surface area contributed by atoms with E-state index in [1.165, 1.54) is 6.07 Å². The standard InChI is InChI=1S/C11H13BrClFN2O/c1-6(15)2-3-10(17)16-11-8(12)4-7(14)5-9(11)13/h4-6H,2-3,15H2,1H3,(H,16,17). The van der Waals surface area contributed by atoms with E-state index in [2.05, 4.69) is 21.2 Å². The largest absolute Gasteiger partial charge is 0.328 e. The van der Waals surface area contributed by atoms with E-state index in [0.29, 0.717) is 23.0 Å². The van der Waals surface area contributed by atoms with Gasteiger partial charge in [0.05, 0.1) is 10.7 Å². The highest BCUT2D eigenvalue weighted by molar-refractivity contribution is 9.10. The van der Waals surface area contributed by atoms with Gasteiger partial charge in [-0.05, 0) is 41.4 Å². The van der Waals surface area contributed by atoms with Crippen molar-refractivity contribution in [1.29, 1.82) is 0 Å². The van der Waals surface area contributed by atoms with Crippen LogP contribution in [0.1, 0.15) is 19.8 Å². The van der Waals surface area contributed by atoms with E-state index < -0.39 is 5.82 Å². The fourth-order valence-electron chi connectivity index (χ4n) is 1.22. The number of halogens is 3. The highest BCUT2D eigenvalue weighted by Crippen LogP contribution is 2.31. The lowest BCUT2D eigenvalue weighted by Crippen LogP contribution is -2.19. The van der Waals surface area contributed by atoms with Gasteiger partial charge in [0.25, 0.3) is 0 Å². The van der Waals surface area contributed by atoms with Crippen molar-refractivity contribution in [3.8, 4) is 0 Å². The van der Waals surface area contributed by atoms with Gasteiger partial charge in [-0.3, -0.25) is 4.79 Å². The summed E-state index contributed by atoms with van der Waals surface area (Å²) >= 11 is 8.97. The second-order valence-electron chi connectivity index (χ2n) is 3.81. The van der Waals surface area contributed by atoms with Crippen molar-refractivity contribution in [2.75, 3.05) is 5.32 Å². The van der Waals surface area contributed by atoms with Gasteiger partial charge < -0.3 is 11.1 Å². The normalized spacial score (nSPS) is 12.3. The number of nitrogens with one attached hydrogen (secondary N) is 1. The zero-order chi connectivity index (χ0) is 13.0. The third-order valence-electron chi connectivity index (χ3n) is 2.10. The Morgan fingerprint density at radius 2 is 2.29 bits per heavy atom. The molecule has 0 aliphatic carbocycles. The van der Waals surface area contributed by atoms with Crippen LogP contribution in [0.2, 0.25) is 5.02 Å². The average molecular weight is 324 g/mol. The first-order chi connectivity index (χ1) is 7.90. The molecule has 1 amide bonds. The molecule has 0 aliphatic heterocycles. The molecule has 1 atom stereocenters. The molecule has 0 aromatic heterocycles. The minimum absolute atomic E-state index is 0.0344. The molecule has 6 heteroatoms. The number of benzene rings is 1. The summed E-state index contributed by atoms with van der Waals surface area (Å²) in [4.78, 5) is 11.6. The van der Waals surface area contributed by atoms with Gasteiger partial charge in [0.1, 0.15) is 5.82 Å². The second-order valence-corrected chi connectivity index (χ2v) is 5.07. The molecule has 3 N–H and O–H groups in total. The van der Waals surface area contributed by atoms with Crippen LogP contribution in [0.25, 0.3) is 0 Å². The SMILES string of the molecule is CC(N)CCC(=O)Nc1c(Cl)cc(F)cc1Br. The summed E-state index contributed by atoms with van der Waals surface area (Å²) < 4.78 is 13.4. The van der Waals surface area contributed by atoms with Gasteiger partial charge in [-0.2, -0.15) is 0 Å². The Morgan fingerprint density at radius 3 is 2.82 bits per heavy atom. The fourth-order valence-corrected chi connectivity index (χ4v) is 2.12. The third kappa shape index (κ3) is 4.61. The molecule has 1 unspecified atom stereocenters. The molecule has 1 aromatic rings. The molecular formula is C11H13BrClFN2O. The van der Waals surface area contributed by atoms with Gasteiger partial charge in [0, 0.05) is 16.9 Å². The monoisotopic (exact) mass is 322 g/mol. The molecule has 0 radical (unpaired) electrons. The van der Waals surface area contributed by atoms with Crippen molar-refractivity contribution in [2.45, 2.75) is 25.8 Å². The van der Waals surface area contributed by atoms with Crippen LogP contribution in [-0.4, -0.2) is 11.9 Å². The summed E-state index contributed by atoms with van der Waals surface area (Å²) in [6.45, 7) is 1.83. The predicted octanol–water partition coefficient (Wildman–Crippen LogP) is 3.31. The Morgan fingerprint density at radius 1 is 1.65 bits per heavy atom. The van der Waals surface area contributed by atoms with Crippen LogP contribution in [0, 0.1) is 5.82 Å². The van der Waals surface area contributed by atoms with E-state index in [1.54, 1.807) is 0 Å². The lowest BCUT2D eigenvalue weighted by Gasteiger charge is -2.10. The molecule has 0 fully saturated rings. The van der Waals surface area contributed by atoms with Crippen LogP contribution in [-0.2, 0) is 4.79 Å². The summed E-state index contributed by atoms with van der Waals surface area (Å²) in [6.07, 6.45) is 0.889. The van der Waals surface area contributed by atoms with Crippen molar-refractivity contribution in [2.24, 2.45) is 5.73 Å². The van der Waals surface area contributed by atoms with Crippen LogP contribution in [0.4, 0.5) is 10.1 Å². The van der Waals surface area contributed by atoms with Crippen molar-refractivity contribution in [3.05, 3.63) is 27.4 Å². The molecule has 0 aliphatic rings. The van der Waals surface area contributed by atoms with Crippen molar-refractivity contribution in [1.82, 2.24) is 0 Å². The van der Waals surface area contributed by atoms with E-state index in [-0.39, 0.29) is 17.0 Å². The summed E-state index contributed by atoms with van der Waals surface area (Å²) in [5.74, 6) is -0.660. The van der Waals surface area contributed by atoms with Crippen LogP contribution >= 0.6 is 27.5 Å². The molecule has 0 saturated carbocycles. The molecule has 1 aromatic carbocycles. The number of amides is 1. The highest BCUT2D eigenvalue weighted by Gasteiger charge is 2.11. The second kappa shape index (κ2) is 6.33. The maximum atomic E-state index is 13.0. The first-order valence-corrected chi connectivity index (χ1v) is 6.27. The molecule has 1 rings (SSSR count). The predicted molar refractivity (Wildman–Crippen MR) is 70.6 cm³/mol.